The SMILES string of the molecule is CO[C@@H]1c2cc(N3CCC3=O)ccc2O[C@H](C(CC(=O)N2CCC[C@H]2CO)[Si](C)(C)O)[C@H]1C. The lowest BCUT2D eigenvalue weighted by atomic mass is 9.86. The first-order valence-corrected chi connectivity index (χ1v) is 14.9. The van der Waals surface area contributed by atoms with Crippen molar-refractivity contribution < 1.29 is 29.0 Å². The van der Waals surface area contributed by atoms with Crippen LogP contribution < -0.4 is 9.64 Å². The first-order valence-electron chi connectivity index (χ1n) is 11.9. The van der Waals surface area contributed by atoms with Crippen LogP contribution in [0.25, 0.3) is 0 Å². The number of benzene rings is 1. The fourth-order valence-corrected chi connectivity index (χ4v) is 7.40. The molecule has 4 rings (SSSR count). The van der Waals surface area contributed by atoms with Gasteiger partial charge in [-0.3, -0.25) is 9.59 Å². The molecule has 3 heterocycles. The standard InChI is InChI=1S/C24H36N2O6Si/c1-15-23(31-2)18-12-16(26-11-9-21(26)28)7-8-19(18)32-24(15)20(33(3,4)30)13-22(29)25-10-5-6-17(25)14-27/h7-8,12,15,17,20,23-24,27,30H,5-6,9-11,13-14H2,1-4H3/t15-,17-,20?,23-,24-/m0/s1. The number of aliphatic hydroxyl groups excluding tert-OH is 1. The van der Waals surface area contributed by atoms with Crippen LogP contribution in [0.3, 0.4) is 0 Å². The number of fused-ring (bicyclic) bond motifs is 1. The molecule has 33 heavy (non-hydrogen) atoms. The minimum absolute atomic E-state index is 0.0339. The van der Waals surface area contributed by atoms with E-state index in [4.69, 9.17) is 9.47 Å². The summed E-state index contributed by atoms with van der Waals surface area (Å²) in [6.07, 6.45) is 1.79. The van der Waals surface area contributed by atoms with Crippen LogP contribution in [0, 0.1) is 5.92 Å². The third-order valence-electron chi connectivity index (χ3n) is 7.58. The highest BCUT2D eigenvalue weighted by atomic mass is 28.4. The Hall–Kier alpha value is -1.94. The highest BCUT2D eigenvalue weighted by molar-refractivity contribution is 6.71. The summed E-state index contributed by atoms with van der Waals surface area (Å²) in [5.41, 5.74) is 1.40. The van der Waals surface area contributed by atoms with Crippen molar-refractivity contribution in [2.24, 2.45) is 5.92 Å². The zero-order chi connectivity index (χ0) is 23.9. The van der Waals surface area contributed by atoms with Crippen LogP contribution >= 0.6 is 0 Å². The molecule has 2 amide bonds. The topological polar surface area (TPSA) is 99.5 Å². The summed E-state index contributed by atoms with van der Waals surface area (Å²) in [6, 6.07) is 5.58. The summed E-state index contributed by atoms with van der Waals surface area (Å²) >= 11 is 0. The van der Waals surface area contributed by atoms with Crippen molar-refractivity contribution in [2.45, 2.75) is 69.5 Å². The number of ether oxygens (including phenoxy) is 2. The molecule has 0 radical (unpaired) electrons. The third-order valence-corrected chi connectivity index (χ3v) is 9.93. The molecule has 8 nitrogen and oxygen atoms in total. The Morgan fingerprint density at radius 2 is 2.09 bits per heavy atom. The molecule has 3 aliphatic rings. The maximum absolute atomic E-state index is 13.2. The van der Waals surface area contributed by atoms with Crippen molar-refractivity contribution in [3.63, 3.8) is 0 Å². The number of aliphatic hydroxyl groups is 1. The highest BCUT2D eigenvalue weighted by Gasteiger charge is 2.48. The van der Waals surface area contributed by atoms with Crippen molar-refractivity contribution in [3.05, 3.63) is 23.8 Å². The summed E-state index contributed by atoms with van der Waals surface area (Å²) in [6.45, 7) is 7.07. The van der Waals surface area contributed by atoms with Gasteiger partial charge in [0.25, 0.3) is 0 Å². The molecular weight excluding hydrogens is 440 g/mol. The number of β-lactam (4-membered cyclic amide) rings is 1. The van der Waals surface area contributed by atoms with Gasteiger partial charge < -0.3 is 29.2 Å². The lowest BCUT2D eigenvalue weighted by Crippen LogP contribution is -2.50. The molecule has 0 aromatic heterocycles. The molecule has 1 unspecified atom stereocenters. The summed E-state index contributed by atoms with van der Waals surface area (Å²) in [4.78, 5) is 39.8. The molecular formula is C24H36N2O6Si. The van der Waals surface area contributed by atoms with Crippen molar-refractivity contribution in [2.75, 3.05) is 31.7 Å². The molecule has 2 fully saturated rings. The van der Waals surface area contributed by atoms with E-state index in [1.807, 2.05) is 38.2 Å². The van der Waals surface area contributed by atoms with E-state index in [9.17, 15) is 19.5 Å². The Labute approximate surface area is 196 Å². The van der Waals surface area contributed by atoms with Gasteiger partial charge in [-0.2, -0.15) is 0 Å². The van der Waals surface area contributed by atoms with Gasteiger partial charge in [-0.25, -0.2) is 0 Å². The molecule has 1 aromatic rings. The number of carbonyl (C=O) groups excluding carboxylic acids is 2. The van der Waals surface area contributed by atoms with Crippen molar-refractivity contribution in [1.82, 2.24) is 4.90 Å². The quantitative estimate of drug-likeness (QED) is 0.463. The summed E-state index contributed by atoms with van der Waals surface area (Å²) in [7, 11) is -1.14. The number of hydrogen-bond donors (Lipinski definition) is 2. The van der Waals surface area contributed by atoms with E-state index in [1.165, 1.54) is 0 Å². The number of rotatable bonds is 7. The van der Waals surface area contributed by atoms with Crippen LogP contribution in [0.5, 0.6) is 5.75 Å². The first kappa shape index (κ1) is 24.2. The minimum Gasteiger partial charge on any atom is -0.490 e. The monoisotopic (exact) mass is 476 g/mol. The number of amides is 2. The van der Waals surface area contributed by atoms with Crippen LogP contribution in [0.15, 0.2) is 18.2 Å². The third kappa shape index (κ3) is 4.56. The second-order valence-electron chi connectivity index (χ2n) is 10.1. The van der Waals surface area contributed by atoms with Crippen LogP contribution in [0.2, 0.25) is 18.6 Å². The Balaban J connectivity index is 1.61. The molecule has 0 bridgehead atoms. The van der Waals surface area contributed by atoms with E-state index in [0.717, 1.165) is 24.1 Å². The number of anilines is 1. The summed E-state index contributed by atoms with van der Waals surface area (Å²) < 4.78 is 12.4. The van der Waals surface area contributed by atoms with Gasteiger partial charge in [0.05, 0.1) is 18.8 Å². The molecule has 5 atom stereocenters. The van der Waals surface area contributed by atoms with E-state index in [1.54, 1.807) is 16.9 Å². The van der Waals surface area contributed by atoms with Gasteiger partial charge in [-0.1, -0.05) is 6.92 Å². The van der Waals surface area contributed by atoms with Crippen molar-refractivity contribution in [1.29, 1.82) is 0 Å². The van der Waals surface area contributed by atoms with Crippen LogP contribution in [0.4, 0.5) is 5.69 Å². The van der Waals surface area contributed by atoms with Crippen LogP contribution in [-0.4, -0.2) is 73.9 Å². The van der Waals surface area contributed by atoms with E-state index >= 15 is 0 Å². The summed E-state index contributed by atoms with van der Waals surface area (Å²) in [5.74, 6) is 0.648. The Morgan fingerprint density at radius 3 is 2.67 bits per heavy atom. The fraction of sp³-hybridized carbons (Fsp3) is 0.667. The number of nitrogens with zero attached hydrogens (tertiary/aromatic N) is 2. The molecule has 3 aliphatic heterocycles. The Kier molecular flexibility index (Phi) is 6.86. The zero-order valence-corrected chi connectivity index (χ0v) is 21.0. The fourth-order valence-electron chi connectivity index (χ4n) is 5.55. The smallest absolute Gasteiger partial charge is 0.228 e. The number of hydrogen-bond acceptors (Lipinski definition) is 6. The Morgan fingerprint density at radius 1 is 1.33 bits per heavy atom. The first-order chi connectivity index (χ1) is 15.7. The highest BCUT2D eigenvalue weighted by Crippen LogP contribution is 2.48. The van der Waals surface area contributed by atoms with Gasteiger partial charge in [0.1, 0.15) is 11.9 Å². The number of methoxy groups -OCH3 is 1. The van der Waals surface area contributed by atoms with Crippen LogP contribution in [0.1, 0.15) is 44.3 Å². The second kappa shape index (κ2) is 9.36. The predicted molar refractivity (Wildman–Crippen MR) is 127 cm³/mol. The average molecular weight is 477 g/mol. The second-order valence-corrected chi connectivity index (χ2v) is 14.2. The maximum Gasteiger partial charge on any atom is 0.228 e. The number of likely N-dealkylation sites (tertiary alicyclic amines) is 1. The molecule has 0 spiro atoms. The molecule has 1 aromatic carbocycles. The predicted octanol–water partition coefficient (Wildman–Crippen LogP) is 2.45. The molecule has 0 saturated carbocycles. The minimum atomic E-state index is -2.80. The number of carbonyl (C=O) groups is 2. The summed E-state index contributed by atoms with van der Waals surface area (Å²) in [5, 5.41) is 9.65. The molecule has 2 N–H and O–H groups in total. The molecule has 182 valence electrons. The van der Waals surface area contributed by atoms with Gasteiger partial charge in [0.15, 0.2) is 8.32 Å². The molecule has 9 heteroatoms. The molecule has 0 aliphatic carbocycles. The van der Waals surface area contributed by atoms with Gasteiger partial charge in [-0.05, 0) is 44.1 Å². The van der Waals surface area contributed by atoms with Gasteiger partial charge in [0.2, 0.25) is 11.8 Å². The van der Waals surface area contributed by atoms with Crippen LogP contribution in [-0.2, 0) is 14.3 Å². The molecule has 2 saturated heterocycles. The maximum atomic E-state index is 13.2. The van der Waals surface area contributed by atoms with E-state index < -0.39 is 8.32 Å². The Bertz CT molecular complexity index is 903. The van der Waals surface area contributed by atoms with Crippen molar-refractivity contribution in [3.8, 4) is 5.75 Å². The van der Waals surface area contributed by atoms with E-state index in [-0.39, 0.29) is 54.6 Å². The average Bonchev–Trinajstić information content (AvgIpc) is 3.24. The normalized spacial score (nSPS) is 28.2. The lowest BCUT2D eigenvalue weighted by Gasteiger charge is -2.44. The zero-order valence-electron chi connectivity index (χ0n) is 20.0. The van der Waals surface area contributed by atoms with Gasteiger partial charge in [-0.15, -0.1) is 0 Å². The van der Waals surface area contributed by atoms with Gasteiger partial charge in [0, 0.05) is 55.8 Å². The van der Waals surface area contributed by atoms with E-state index in [0.29, 0.717) is 25.3 Å². The van der Waals surface area contributed by atoms with Gasteiger partial charge >= 0.3 is 0 Å². The largest absolute Gasteiger partial charge is 0.490 e. The van der Waals surface area contributed by atoms with Crippen molar-refractivity contribution >= 4 is 25.8 Å². The van der Waals surface area contributed by atoms with E-state index in [2.05, 4.69) is 0 Å². The lowest BCUT2D eigenvalue weighted by molar-refractivity contribution is -0.133.